The average Bonchev–Trinajstić information content (AvgIpc) is 2.90. The molecule has 1 aromatic heterocycles. The summed E-state index contributed by atoms with van der Waals surface area (Å²) in [7, 11) is 0. The number of rotatable bonds is 6. The lowest BCUT2D eigenvalue weighted by Crippen LogP contribution is -2.39. The van der Waals surface area contributed by atoms with Gasteiger partial charge >= 0.3 is 0 Å². The molecule has 2 aromatic rings. The molecule has 0 aliphatic rings. The highest BCUT2D eigenvalue weighted by Gasteiger charge is 2.38. The van der Waals surface area contributed by atoms with Crippen molar-refractivity contribution in [1.29, 1.82) is 0 Å². The molecule has 0 spiro atoms. The Bertz CT molecular complexity index is 573. The maximum absolute atomic E-state index is 6.70. The normalized spacial score (nSPS) is 13.4. The van der Waals surface area contributed by atoms with E-state index in [1.54, 1.807) is 6.20 Å². The van der Waals surface area contributed by atoms with Crippen LogP contribution < -0.4 is 5.73 Å². The van der Waals surface area contributed by atoms with Crippen molar-refractivity contribution in [3.63, 3.8) is 0 Å². The Balaban J connectivity index is 2.54. The van der Waals surface area contributed by atoms with Gasteiger partial charge in [0.25, 0.3) is 0 Å². The highest BCUT2D eigenvalue weighted by Crippen LogP contribution is 2.43. The fourth-order valence-corrected chi connectivity index (χ4v) is 3.50. The molecule has 0 amide bonds. The average molecular weight is 306 g/mol. The van der Waals surface area contributed by atoms with E-state index >= 15 is 0 Å². The van der Waals surface area contributed by atoms with E-state index in [-0.39, 0.29) is 11.5 Å². The highest BCUT2D eigenvalue weighted by molar-refractivity contribution is 6.31. The number of nitrogens with zero attached hydrogens (tertiary/aromatic N) is 2. The van der Waals surface area contributed by atoms with E-state index < -0.39 is 0 Å². The van der Waals surface area contributed by atoms with Crippen LogP contribution in [-0.4, -0.2) is 9.78 Å². The summed E-state index contributed by atoms with van der Waals surface area (Å²) in [4.78, 5) is 0. The Kier molecular flexibility index (Phi) is 5.07. The van der Waals surface area contributed by atoms with E-state index in [9.17, 15) is 0 Å². The second kappa shape index (κ2) is 6.63. The van der Waals surface area contributed by atoms with Crippen LogP contribution in [0, 0.1) is 0 Å². The Labute approximate surface area is 132 Å². The van der Waals surface area contributed by atoms with Gasteiger partial charge in [0, 0.05) is 12.0 Å². The van der Waals surface area contributed by atoms with Crippen LogP contribution in [0.5, 0.6) is 0 Å². The number of hydrogen-bond acceptors (Lipinski definition) is 2. The van der Waals surface area contributed by atoms with E-state index in [0.717, 1.165) is 25.1 Å². The topological polar surface area (TPSA) is 43.8 Å². The van der Waals surface area contributed by atoms with Crippen molar-refractivity contribution in [2.45, 2.75) is 51.6 Å². The van der Waals surface area contributed by atoms with Crippen LogP contribution in [0.1, 0.15) is 50.9 Å². The lowest BCUT2D eigenvalue weighted by atomic mass is 9.69. The van der Waals surface area contributed by atoms with Gasteiger partial charge in [0.15, 0.2) is 0 Å². The summed E-state index contributed by atoms with van der Waals surface area (Å²) in [6.45, 7) is 7.21. The van der Waals surface area contributed by atoms with E-state index in [2.05, 4.69) is 50.1 Å². The zero-order chi connectivity index (χ0) is 15.5. The van der Waals surface area contributed by atoms with E-state index in [1.807, 2.05) is 10.7 Å². The third-order valence-electron chi connectivity index (χ3n) is 4.63. The summed E-state index contributed by atoms with van der Waals surface area (Å²) < 4.78 is 1.91. The molecule has 21 heavy (non-hydrogen) atoms. The molecular formula is C17H24ClN3. The zero-order valence-corrected chi connectivity index (χ0v) is 13.8. The van der Waals surface area contributed by atoms with Gasteiger partial charge in [-0.1, -0.05) is 55.8 Å². The van der Waals surface area contributed by atoms with E-state index in [1.165, 1.54) is 5.56 Å². The molecule has 1 aromatic carbocycles. The van der Waals surface area contributed by atoms with Crippen molar-refractivity contribution in [2.75, 3.05) is 0 Å². The second-order valence-electron chi connectivity index (χ2n) is 5.40. The van der Waals surface area contributed by atoms with Crippen LogP contribution >= 0.6 is 11.6 Å². The molecule has 4 heteroatoms. The molecule has 3 nitrogen and oxygen atoms in total. The summed E-state index contributed by atoms with van der Waals surface area (Å²) in [5, 5.41) is 4.99. The Hall–Kier alpha value is -1.32. The van der Waals surface area contributed by atoms with Crippen LogP contribution in [-0.2, 0) is 12.0 Å². The molecule has 0 bridgehead atoms. The monoisotopic (exact) mass is 305 g/mol. The molecule has 0 fully saturated rings. The van der Waals surface area contributed by atoms with Crippen molar-refractivity contribution in [3.05, 3.63) is 52.8 Å². The fraction of sp³-hybridized carbons (Fsp3) is 0.471. The minimum absolute atomic E-state index is 0.127. The first-order chi connectivity index (χ1) is 10.1. The first-order valence-corrected chi connectivity index (χ1v) is 8.00. The highest BCUT2D eigenvalue weighted by atomic mass is 35.5. The van der Waals surface area contributed by atoms with E-state index in [0.29, 0.717) is 5.02 Å². The summed E-state index contributed by atoms with van der Waals surface area (Å²) in [5.41, 5.74) is 8.78. The van der Waals surface area contributed by atoms with Gasteiger partial charge in [-0.05, 0) is 25.3 Å². The summed E-state index contributed by atoms with van der Waals surface area (Å²) in [6, 6.07) is 10.3. The van der Waals surface area contributed by atoms with Crippen LogP contribution in [0.4, 0.5) is 0 Å². The lowest BCUT2D eigenvalue weighted by Gasteiger charge is -2.38. The van der Waals surface area contributed by atoms with Gasteiger partial charge in [-0.2, -0.15) is 5.10 Å². The zero-order valence-electron chi connectivity index (χ0n) is 13.0. The van der Waals surface area contributed by atoms with Crippen molar-refractivity contribution in [2.24, 2.45) is 5.73 Å². The van der Waals surface area contributed by atoms with Gasteiger partial charge in [0.1, 0.15) is 0 Å². The smallest absolute Gasteiger partial charge is 0.0834 e. The number of halogens is 1. The molecular weight excluding hydrogens is 282 g/mol. The summed E-state index contributed by atoms with van der Waals surface area (Å²) in [5.74, 6) is 0. The molecule has 0 saturated heterocycles. The molecule has 1 unspecified atom stereocenters. The summed E-state index contributed by atoms with van der Waals surface area (Å²) in [6.07, 6.45) is 3.61. The molecule has 0 radical (unpaired) electrons. The first kappa shape index (κ1) is 16.1. The predicted molar refractivity (Wildman–Crippen MR) is 88.5 cm³/mol. The molecule has 114 valence electrons. The van der Waals surface area contributed by atoms with Gasteiger partial charge < -0.3 is 5.73 Å². The third kappa shape index (κ3) is 2.72. The maximum atomic E-state index is 6.70. The Morgan fingerprint density at radius 2 is 1.81 bits per heavy atom. The standard InChI is InChI=1S/C17H24ClN3/c1-4-17(5-2,13-10-8-7-9-11-13)16(19)15-14(18)12-20-21(15)6-3/h7-12,16H,4-6,19H2,1-3H3. The SMILES string of the molecule is CCn1ncc(Cl)c1C(N)C(CC)(CC)c1ccccc1. The predicted octanol–water partition coefficient (Wildman–Crippen LogP) is 4.31. The lowest BCUT2D eigenvalue weighted by molar-refractivity contribution is 0.308. The van der Waals surface area contributed by atoms with Crippen LogP contribution in [0.15, 0.2) is 36.5 Å². The van der Waals surface area contributed by atoms with Crippen LogP contribution in [0.3, 0.4) is 0 Å². The minimum Gasteiger partial charge on any atom is -0.322 e. The summed E-state index contributed by atoms with van der Waals surface area (Å²) >= 11 is 6.36. The Morgan fingerprint density at radius 3 is 2.33 bits per heavy atom. The van der Waals surface area contributed by atoms with Gasteiger partial charge in [-0.3, -0.25) is 4.68 Å². The van der Waals surface area contributed by atoms with Gasteiger partial charge in [0.2, 0.25) is 0 Å². The largest absolute Gasteiger partial charge is 0.322 e. The molecule has 0 saturated carbocycles. The number of benzene rings is 1. The van der Waals surface area contributed by atoms with Crippen molar-refractivity contribution in [3.8, 4) is 0 Å². The molecule has 1 heterocycles. The third-order valence-corrected chi connectivity index (χ3v) is 4.92. The van der Waals surface area contributed by atoms with Crippen molar-refractivity contribution >= 4 is 11.6 Å². The molecule has 0 aliphatic carbocycles. The number of aromatic nitrogens is 2. The minimum atomic E-state index is -0.176. The molecule has 2 N–H and O–H groups in total. The van der Waals surface area contributed by atoms with E-state index in [4.69, 9.17) is 17.3 Å². The van der Waals surface area contributed by atoms with Crippen molar-refractivity contribution < 1.29 is 0 Å². The maximum Gasteiger partial charge on any atom is 0.0834 e. The van der Waals surface area contributed by atoms with Crippen LogP contribution in [0.25, 0.3) is 0 Å². The molecule has 2 rings (SSSR count). The quantitative estimate of drug-likeness (QED) is 0.864. The number of hydrogen-bond donors (Lipinski definition) is 1. The fourth-order valence-electron chi connectivity index (χ4n) is 3.24. The molecule has 1 atom stereocenters. The van der Waals surface area contributed by atoms with Gasteiger partial charge in [0.05, 0.1) is 23.0 Å². The van der Waals surface area contributed by atoms with Crippen LogP contribution in [0.2, 0.25) is 5.02 Å². The number of nitrogens with two attached hydrogens (primary N) is 1. The number of aryl methyl sites for hydroxylation is 1. The second-order valence-corrected chi connectivity index (χ2v) is 5.81. The first-order valence-electron chi connectivity index (χ1n) is 7.63. The molecule has 0 aliphatic heterocycles. The van der Waals surface area contributed by atoms with Crippen molar-refractivity contribution in [1.82, 2.24) is 9.78 Å². The van der Waals surface area contributed by atoms with Gasteiger partial charge in [-0.25, -0.2) is 0 Å². The van der Waals surface area contributed by atoms with Gasteiger partial charge in [-0.15, -0.1) is 0 Å². The Morgan fingerprint density at radius 1 is 1.19 bits per heavy atom.